The minimum atomic E-state index is -0.0725. The Hall–Kier alpha value is -9.52. The average Bonchev–Trinajstić information content (AvgIpc) is 3.44. The first-order chi connectivity index (χ1) is 34.6. The maximum atomic E-state index is 15.4. The third-order valence-electron chi connectivity index (χ3n) is 13.4. The van der Waals surface area contributed by atoms with Gasteiger partial charge in [-0.15, -0.1) is 0 Å². The van der Waals surface area contributed by atoms with Crippen LogP contribution in [0.25, 0.3) is 106 Å². The molecule has 6 nitrogen and oxygen atoms in total. The lowest BCUT2D eigenvalue weighted by atomic mass is 9.90. The molecule has 13 rings (SSSR count). The molecule has 70 heavy (non-hydrogen) atoms. The van der Waals surface area contributed by atoms with Gasteiger partial charge < -0.3 is 4.90 Å². The molecule has 6 heteroatoms. The van der Waals surface area contributed by atoms with Gasteiger partial charge in [-0.2, -0.15) is 0 Å². The smallest absolute Gasteiger partial charge is 0.263 e. The van der Waals surface area contributed by atoms with Crippen molar-refractivity contribution in [1.82, 2.24) is 19.5 Å². The molecule has 1 aliphatic heterocycles. The van der Waals surface area contributed by atoms with Gasteiger partial charge in [-0.25, -0.2) is 15.0 Å². The fourth-order valence-electron chi connectivity index (χ4n) is 10.1. The number of hydrogen-bond acceptors (Lipinski definition) is 5. The molecular formula is C64H41N5O. The molecule has 12 aromatic rings. The molecule has 3 heterocycles. The highest BCUT2D eigenvalue weighted by atomic mass is 16.1. The van der Waals surface area contributed by atoms with Gasteiger partial charge in [-0.3, -0.25) is 9.36 Å². The lowest BCUT2D eigenvalue weighted by Crippen LogP contribution is -2.21. The Balaban J connectivity index is 1.15. The molecule has 2 aromatic heterocycles. The summed E-state index contributed by atoms with van der Waals surface area (Å²) in [6, 6.07) is 85.8. The fourth-order valence-corrected chi connectivity index (χ4v) is 10.1. The normalized spacial score (nSPS) is 11.7. The second kappa shape index (κ2) is 17.0. The van der Waals surface area contributed by atoms with Crippen LogP contribution in [0.5, 0.6) is 0 Å². The zero-order chi connectivity index (χ0) is 46.5. The highest BCUT2D eigenvalue weighted by Crippen LogP contribution is 2.50. The maximum absolute atomic E-state index is 15.4. The average molecular weight is 896 g/mol. The van der Waals surface area contributed by atoms with Crippen LogP contribution in [0.15, 0.2) is 254 Å². The topological polar surface area (TPSA) is 63.9 Å². The van der Waals surface area contributed by atoms with E-state index in [1.165, 1.54) is 0 Å². The molecule has 1 aliphatic rings. The van der Waals surface area contributed by atoms with Crippen LogP contribution in [-0.4, -0.2) is 19.5 Å². The quantitative estimate of drug-likeness (QED) is 0.156. The molecule has 0 saturated carbocycles. The van der Waals surface area contributed by atoms with Crippen molar-refractivity contribution in [1.29, 1.82) is 0 Å². The zero-order valence-electron chi connectivity index (χ0n) is 37.8. The summed E-state index contributed by atoms with van der Waals surface area (Å²) < 4.78 is 1.96. The number of fused-ring (bicyclic) bond motifs is 8. The van der Waals surface area contributed by atoms with E-state index in [2.05, 4.69) is 157 Å². The minimum absolute atomic E-state index is 0.0725. The first-order valence-electron chi connectivity index (χ1n) is 23.5. The summed E-state index contributed by atoms with van der Waals surface area (Å²) in [5.74, 6) is 1.75. The van der Waals surface area contributed by atoms with Crippen molar-refractivity contribution in [2.45, 2.75) is 0 Å². The van der Waals surface area contributed by atoms with Crippen LogP contribution in [0.4, 0.5) is 17.1 Å². The lowest BCUT2D eigenvalue weighted by Gasteiger charge is -2.33. The van der Waals surface area contributed by atoms with Gasteiger partial charge >= 0.3 is 0 Å². The summed E-state index contributed by atoms with van der Waals surface area (Å²) in [6.45, 7) is 0. The third-order valence-corrected chi connectivity index (χ3v) is 13.4. The number of benzene rings is 10. The predicted octanol–water partition coefficient (Wildman–Crippen LogP) is 15.8. The number of aromatic nitrogens is 4. The van der Waals surface area contributed by atoms with E-state index in [0.29, 0.717) is 22.9 Å². The maximum Gasteiger partial charge on any atom is 0.263 e. The number of nitrogens with zero attached hydrogens (tertiary/aromatic N) is 5. The van der Waals surface area contributed by atoms with Gasteiger partial charge in [-0.05, 0) is 76.2 Å². The molecule has 328 valence electrons. The molecule has 0 saturated heterocycles. The Kier molecular flexibility index (Phi) is 9.87. The van der Waals surface area contributed by atoms with Gasteiger partial charge in [0.1, 0.15) is 0 Å². The predicted molar refractivity (Wildman–Crippen MR) is 287 cm³/mol. The second-order valence-electron chi connectivity index (χ2n) is 17.5. The van der Waals surface area contributed by atoms with Gasteiger partial charge in [0.15, 0.2) is 17.5 Å². The third kappa shape index (κ3) is 6.97. The monoisotopic (exact) mass is 895 g/mol. The summed E-state index contributed by atoms with van der Waals surface area (Å²) in [5.41, 5.74) is 15.1. The van der Waals surface area contributed by atoms with Crippen molar-refractivity contribution in [3.05, 3.63) is 259 Å². The summed E-state index contributed by atoms with van der Waals surface area (Å²) in [7, 11) is 0. The van der Waals surface area contributed by atoms with Crippen molar-refractivity contribution in [3.63, 3.8) is 0 Å². The first-order valence-corrected chi connectivity index (χ1v) is 23.5. The minimum Gasteiger partial charge on any atom is -0.309 e. The van der Waals surface area contributed by atoms with E-state index in [0.717, 1.165) is 100 Å². The lowest BCUT2D eigenvalue weighted by molar-refractivity contribution is 1.06. The summed E-state index contributed by atoms with van der Waals surface area (Å²) in [6.07, 6.45) is 0. The van der Waals surface area contributed by atoms with Crippen molar-refractivity contribution < 1.29 is 0 Å². The summed E-state index contributed by atoms with van der Waals surface area (Å²) in [4.78, 5) is 33.1. The molecular weight excluding hydrogens is 855 g/mol. The van der Waals surface area contributed by atoms with Crippen LogP contribution in [0.1, 0.15) is 0 Å². The van der Waals surface area contributed by atoms with E-state index in [4.69, 9.17) is 15.0 Å². The Bertz CT molecular complexity index is 3970. The van der Waals surface area contributed by atoms with Crippen LogP contribution >= 0.6 is 0 Å². The molecule has 0 radical (unpaired) electrons. The molecule has 0 atom stereocenters. The van der Waals surface area contributed by atoms with E-state index >= 15 is 4.79 Å². The van der Waals surface area contributed by atoms with E-state index in [1.807, 2.05) is 102 Å². The van der Waals surface area contributed by atoms with Crippen LogP contribution in [0, 0.1) is 0 Å². The van der Waals surface area contributed by atoms with Crippen molar-refractivity contribution in [2.24, 2.45) is 0 Å². The van der Waals surface area contributed by atoms with Crippen LogP contribution in [-0.2, 0) is 0 Å². The molecule has 0 amide bonds. The molecule has 0 bridgehead atoms. The number of hydrogen-bond donors (Lipinski definition) is 0. The number of rotatable bonds is 6. The Morgan fingerprint density at radius 2 is 0.729 bits per heavy atom. The van der Waals surface area contributed by atoms with Crippen molar-refractivity contribution in [3.8, 4) is 84.4 Å². The fraction of sp³-hybridized carbons (Fsp3) is 0. The standard InChI is InChI=1S/C64H41N5O/c70-64-54-31-14-13-29-50(54)52-32-18-33-53-56-41-47(43-21-7-2-8-22-43)36-38-59(56)68(58-37-35-46(42-19-5-1-6-20-42)40-55(58)51-30-15-16-34-57(51)69(64)60(52)53)49-28-17-27-48(39-49)63-66-61(44-23-9-3-10-24-44)65-62(67-63)45-25-11-4-12-26-45/h1-41H. The van der Waals surface area contributed by atoms with E-state index < -0.39 is 0 Å². The zero-order valence-corrected chi connectivity index (χ0v) is 37.8. The van der Waals surface area contributed by atoms with Crippen molar-refractivity contribution in [2.75, 3.05) is 4.90 Å². The molecule has 0 fully saturated rings. The van der Waals surface area contributed by atoms with Gasteiger partial charge in [0, 0.05) is 55.4 Å². The number of pyridine rings is 1. The number of anilines is 3. The van der Waals surface area contributed by atoms with Gasteiger partial charge in [0.25, 0.3) is 5.56 Å². The Morgan fingerprint density at radius 1 is 0.286 bits per heavy atom. The van der Waals surface area contributed by atoms with E-state index in [1.54, 1.807) is 0 Å². The van der Waals surface area contributed by atoms with Crippen LogP contribution in [0.2, 0.25) is 0 Å². The SMILES string of the molecule is O=c1c2ccccc2c2cccc3c2n1-c1ccccc1-c1cc(-c2ccccc2)ccc1N(c1cccc(-c2nc(-c4ccccc4)nc(-c4ccccc4)n2)c1)c1ccc(-c2ccccc2)cc1-3. The molecule has 10 aromatic carbocycles. The van der Waals surface area contributed by atoms with Gasteiger partial charge in [0.05, 0.1) is 22.6 Å². The summed E-state index contributed by atoms with van der Waals surface area (Å²) >= 11 is 0. The summed E-state index contributed by atoms with van der Waals surface area (Å²) in [5, 5.41) is 2.57. The van der Waals surface area contributed by atoms with E-state index in [-0.39, 0.29) is 5.56 Å². The van der Waals surface area contributed by atoms with Crippen molar-refractivity contribution >= 4 is 38.7 Å². The largest absolute Gasteiger partial charge is 0.309 e. The Labute approximate surface area is 404 Å². The highest BCUT2D eigenvalue weighted by molar-refractivity contribution is 6.13. The highest BCUT2D eigenvalue weighted by Gasteiger charge is 2.28. The number of para-hydroxylation sites is 2. The van der Waals surface area contributed by atoms with Gasteiger partial charge in [0.2, 0.25) is 0 Å². The van der Waals surface area contributed by atoms with E-state index in [9.17, 15) is 0 Å². The molecule has 0 unspecified atom stereocenters. The van der Waals surface area contributed by atoms with Crippen LogP contribution in [0.3, 0.4) is 0 Å². The first kappa shape index (κ1) is 40.7. The van der Waals surface area contributed by atoms with Gasteiger partial charge in [-0.1, -0.05) is 200 Å². The molecule has 0 N–H and O–H groups in total. The second-order valence-corrected chi connectivity index (χ2v) is 17.5. The van der Waals surface area contributed by atoms with Crippen LogP contribution < -0.4 is 10.5 Å². The molecule has 0 aliphatic carbocycles. The Morgan fingerprint density at radius 3 is 1.33 bits per heavy atom. The molecule has 0 spiro atoms.